The Kier molecular flexibility index (Phi) is 5.12. The van der Waals surface area contributed by atoms with E-state index in [0.717, 1.165) is 12.1 Å². The van der Waals surface area contributed by atoms with Crippen molar-refractivity contribution in [2.45, 2.75) is 13.3 Å². The van der Waals surface area contributed by atoms with Crippen molar-refractivity contribution < 1.29 is 22.9 Å². The molecule has 2 aromatic heterocycles. The molecule has 4 rings (SSSR count). The second kappa shape index (κ2) is 7.90. The lowest BCUT2D eigenvalue weighted by Crippen LogP contribution is -2.12. The summed E-state index contributed by atoms with van der Waals surface area (Å²) in [6.45, 7) is 1.49. The van der Waals surface area contributed by atoms with Gasteiger partial charge in [-0.3, -0.25) is 10.1 Å². The van der Waals surface area contributed by atoms with Crippen molar-refractivity contribution in [2.24, 2.45) is 0 Å². The zero-order valence-electron chi connectivity index (χ0n) is 16.0. The fraction of sp³-hybridized carbons (Fsp3) is 0.0952. The van der Waals surface area contributed by atoms with Crippen LogP contribution in [0.5, 0.6) is 11.8 Å². The van der Waals surface area contributed by atoms with Crippen LogP contribution in [-0.4, -0.2) is 14.9 Å². The van der Waals surface area contributed by atoms with Crippen LogP contribution in [0.4, 0.5) is 14.5 Å². The van der Waals surface area contributed by atoms with Gasteiger partial charge in [-0.2, -0.15) is 4.39 Å². The molecule has 0 aliphatic rings. The molecule has 0 saturated carbocycles. The molecule has 2 aromatic carbocycles. The Morgan fingerprint density at radius 2 is 1.90 bits per heavy atom. The summed E-state index contributed by atoms with van der Waals surface area (Å²) in [4.78, 5) is 30.4. The summed E-state index contributed by atoms with van der Waals surface area (Å²) in [6.07, 6.45) is 2.60. The molecule has 0 amide bonds. The predicted molar refractivity (Wildman–Crippen MR) is 105 cm³/mol. The number of aryl methyl sites for hydroxylation is 1. The van der Waals surface area contributed by atoms with Gasteiger partial charge < -0.3 is 9.15 Å². The summed E-state index contributed by atoms with van der Waals surface area (Å²) in [5, 5.41) is 11.0. The number of nitro benzene ring substituents is 1. The van der Waals surface area contributed by atoms with Crippen molar-refractivity contribution in [3.63, 3.8) is 0 Å². The number of benzene rings is 2. The smallest absolute Gasteiger partial charge is 0.340 e. The van der Waals surface area contributed by atoms with Crippen LogP contribution in [0.25, 0.3) is 11.0 Å². The molecule has 2 heterocycles. The third kappa shape index (κ3) is 3.82. The summed E-state index contributed by atoms with van der Waals surface area (Å²) < 4.78 is 39.9. The number of aromatic nitrogens is 2. The summed E-state index contributed by atoms with van der Waals surface area (Å²) in [6, 6.07) is 7.62. The topological polar surface area (TPSA) is 108 Å². The minimum Gasteiger partial charge on any atom is -0.424 e. The maximum atomic E-state index is 14.9. The molecule has 0 unspecified atom stereocenters. The van der Waals surface area contributed by atoms with Crippen LogP contribution in [0.3, 0.4) is 0 Å². The molecular formula is C21H13F2N3O5. The molecular weight excluding hydrogens is 412 g/mol. The third-order valence-corrected chi connectivity index (χ3v) is 4.68. The van der Waals surface area contributed by atoms with Gasteiger partial charge in [0.2, 0.25) is 5.82 Å². The molecule has 0 aliphatic carbocycles. The van der Waals surface area contributed by atoms with E-state index in [9.17, 15) is 23.7 Å². The van der Waals surface area contributed by atoms with Gasteiger partial charge in [0.25, 0.3) is 0 Å². The Labute approximate surface area is 172 Å². The van der Waals surface area contributed by atoms with Gasteiger partial charge in [-0.05, 0) is 24.1 Å². The van der Waals surface area contributed by atoms with Crippen molar-refractivity contribution in [1.82, 2.24) is 9.97 Å². The molecule has 31 heavy (non-hydrogen) atoms. The van der Waals surface area contributed by atoms with Gasteiger partial charge in [0, 0.05) is 42.6 Å². The SMILES string of the molecule is Cc1c(Cc2cccc([N+](=O)[O-])c2F)c(=O)oc2cc(Oc3ncccn3)cc(F)c12. The molecule has 4 aromatic rings. The molecule has 0 aliphatic heterocycles. The lowest BCUT2D eigenvalue weighted by molar-refractivity contribution is -0.387. The first-order valence-electron chi connectivity index (χ1n) is 8.97. The summed E-state index contributed by atoms with van der Waals surface area (Å²) >= 11 is 0. The number of fused-ring (bicyclic) bond motifs is 1. The van der Waals surface area contributed by atoms with Gasteiger partial charge in [0.05, 0.1) is 10.3 Å². The fourth-order valence-corrected chi connectivity index (χ4v) is 3.21. The largest absolute Gasteiger partial charge is 0.424 e. The number of nitro groups is 1. The number of hydrogen-bond acceptors (Lipinski definition) is 7. The highest BCUT2D eigenvalue weighted by Gasteiger charge is 2.21. The molecule has 0 spiro atoms. The minimum atomic E-state index is -1.06. The zero-order chi connectivity index (χ0) is 22.1. The van der Waals surface area contributed by atoms with E-state index in [1.54, 1.807) is 6.07 Å². The van der Waals surface area contributed by atoms with Crippen LogP contribution in [0.1, 0.15) is 16.7 Å². The molecule has 10 heteroatoms. The number of ether oxygens (including phenoxy) is 1. The molecule has 8 nitrogen and oxygen atoms in total. The molecule has 0 fully saturated rings. The second-order valence-electron chi connectivity index (χ2n) is 6.59. The van der Waals surface area contributed by atoms with Crippen molar-refractivity contribution in [3.8, 4) is 11.8 Å². The number of nitrogens with zero attached hydrogens (tertiary/aromatic N) is 3. The van der Waals surface area contributed by atoms with Gasteiger partial charge in [0.15, 0.2) is 0 Å². The first-order valence-corrected chi connectivity index (χ1v) is 8.97. The van der Waals surface area contributed by atoms with Crippen molar-refractivity contribution >= 4 is 16.7 Å². The Morgan fingerprint density at radius 1 is 1.16 bits per heavy atom. The van der Waals surface area contributed by atoms with Crippen LogP contribution in [0.15, 0.2) is 58.0 Å². The molecule has 0 saturated heterocycles. The minimum absolute atomic E-state index is 0.00846. The Morgan fingerprint density at radius 3 is 2.61 bits per heavy atom. The third-order valence-electron chi connectivity index (χ3n) is 4.68. The lowest BCUT2D eigenvalue weighted by atomic mass is 9.98. The maximum absolute atomic E-state index is 14.9. The summed E-state index contributed by atoms with van der Waals surface area (Å²) in [5.41, 5.74) is -1.45. The Hall–Kier alpha value is -4.21. The van der Waals surface area contributed by atoms with Gasteiger partial charge in [-0.25, -0.2) is 19.2 Å². The Balaban J connectivity index is 1.78. The van der Waals surface area contributed by atoms with Crippen LogP contribution >= 0.6 is 0 Å². The fourth-order valence-electron chi connectivity index (χ4n) is 3.21. The van der Waals surface area contributed by atoms with E-state index < -0.39 is 27.9 Å². The summed E-state index contributed by atoms with van der Waals surface area (Å²) in [7, 11) is 0. The monoisotopic (exact) mass is 425 g/mol. The molecule has 156 valence electrons. The van der Waals surface area contributed by atoms with E-state index in [1.165, 1.54) is 37.5 Å². The first kappa shape index (κ1) is 20.1. The molecule has 0 radical (unpaired) electrons. The average Bonchev–Trinajstić information content (AvgIpc) is 2.72. The highest BCUT2D eigenvalue weighted by molar-refractivity contribution is 5.83. The molecule has 0 bridgehead atoms. The van der Waals surface area contributed by atoms with E-state index in [2.05, 4.69) is 9.97 Å². The van der Waals surface area contributed by atoms with Crippen LogP contribution < -0.4 is 10.4 Å². The standard InChI is InChI=1S/C21H13F2N3O5/c1-11-14(8-12-4-2-5-16(19(12)23)26(28)29)20(27)31-17-10-13(9-15(22)18(11)17)30-21-24-6-3-7-25-21/h2-7,9-10H,8H2,1H3. The maximum Gasteiger partial charge on any atom is 0.340 e. The lowest BCUT2D eigenvalue weighted by Gasteiger charge is -2.11. The van der Waals surface area contributed by atoms with Crippen molar-refractivity contribution in [1.29, 1.82) is 0 Å². The van der Waals surface area contributed by atoms with E-state index in [1.807, 2.05) is 0 Å². The van der Waals surface area contributed by atoms with Crippen LogP contribution in [0, 0.1) is 28.7 Å². The van der Waals surface area contributed by atoms with E-state index >= 15 is 0 Å². The average molecular weight is 425 g/mol. The highest BCUT2D eigenvalue weighted by atomic mass is 19.1. The van der Waals surface area contributed by atoms with Crippen LogP contribution in [-0.2, 0) is 6.42 Å². The van der Waals surface area contributed by atoms with E-state index in [-0.39, 0.29) is 45.8 Å². The van der Waals surface area contributed by atoms with E-state index in [4.69, 9.17) is 9.15 Å². The number of rotatable bonds is 5. The quantitative estimate of drug-likeness (QED) is 0.264. The predicted octanol–water partition coefficient (Wildman–Crippen LogP) is 4.46. The highest BCUT2D eigenvalue weighted by Crippen LogP contribution is 2.30. The van der Waals surface area contributed by atoms with E-state index in [0.29, 0.717) is 0 Å². The Bertz CT molecular complexity index is 1370. The van der Waals surface area contributed by atoms with Gasteiger partial charge in [-0.15, -0.1) is 0 Å². The van der Waals surface area contributed by atoms with Gasteiger partial charge in [0.1, 0.15) is 17.1 Å². The second-order valence-corrected chi connectivity index (χ2v) is 6.59. The normalized spacial score (nSPS) is 10.9. The number of hydrogen-bond donors (Lipinski definition) is 0. The zero-order valence-corrected chi connectivity index (χ0v) is 16.0. The molecule has 0 atom stereocenters. The van der Waals surface area contributed by atoms with Crippen molar-refractivity contribution in [2.75, 3.05) is 0 Å². The van der Waals surface area contributed by atoms with Gasteiger partial charge in [-0.1, -0.05) is 12.1 Å². The number of halogens is 2. The van der Waals surface area contributed by atoms with Crippen molar-refractivity contribution in [3.05, 3.63) is 97.7 Å². The van der Waals surface area contributed by atoms with Crippen LogP contribution in [0.2, 0.25) is 0 Å². The first-order chi connectivity index (χ1) is 14.8. The summed E-state index contributed by atoms with van der Waals surface area (Å²) in [5.74, 6) is -1.76. The van der Waals surface area contributed by atoms with Gasteiger partial charge >= 0.3 is 17.3 Å². The molecule has 0 N–H and O–H groups in total.